The normalized spacial score (nSPS) is 17.0. The summed E-state index contributed by atoms with van der Waals surface area (Å²) >= 11 is 0. The van der Waals surface area contributed by atoms with E-state index in [1.165, 1.54) is 4.31 Å². The molecular formula is C15H23NO3S. The van der Waals surface area contributed by atoms with Crippen molar-refractivity contribution in [1.82, 2.24) is 4.31 Å². The zero-order valence-corrected chi connectivity index (χ0v) is 13.0. The summed E-state index contributed by atoms with van der Waals surface area (Å²) in [5, 5.41) is 9.21. The van der Waals surface area contributed by atoms with E-state index in [1.54, 1.807) is 12.1 Å². The summed E-state index contributed by atoms with van der Waals surface area (Å²) in [6, 6.07) is 5.42. The van der Waals surface area contributed by atoms with Gasteiger partial charge in [-0.05, 0) is 49.9 Å². The summed E-state index contributed by atoms with van der Waals surface area (Å²) in [6.45, 7) is 3.84. The average Bonchev–Trinajstić information content (AvgIpc) is 2.88. The summed E-state index contributed by atoms with van der Waals surface area (Å²) in [7, 11) is -3.52. The molecule has 1 N–H and O–H groups in total. The van der Waals surface area contributed by atoms with Crippen LogP contribution in [0.25, 0.3) is 0 Å². The SMILES string of the molecule is Cc1cc(C)cc(S(=O)(=O)N(CCO)C2CCCC2)c1. The van der Waals surface area contributed by atoms with Gasteiger partial charge >= 0.3 is 0 Å². The van der Waals surface area contributed by atoms with Crippen molar-refractivity contribution in [2.24, 2.45) is 0 Å². The van der Waals surface area contributed by atoms with E-state index in [2.05, 4.69) is 0 Å². The molecule has 1 aliphatic carbocycles. The molecule has 5 heteroatoms. The van der Waals surface area contributed by atoms with Crippen LogP contribution in [-0.2, 0) is 10.0 Å². The van der Waals surface area contributed by atoms with Gasteiger partial charge in [-0.25, -0.2) is 8.42 Å². The van der Waals surface area contributed by atoms with Gasteiger partial charge < -0.3 is 5.11 Å². The first kappa shape index (κ1) is 15.5. The van der Waals surface area contributed by atoms with Crippen LogP contribution in [0.2, 0.25) is 0 Å². The largest absolute Gasteiger partial charge is 0.395 e. The molecule has 20 heavy (non-hydrogen) atoms. The highest BCUT2D eigenvalue weighted by Crippen LogP contribution is 2.29. The van der Waals surface area contributed by atoms with E-state index in [4.69, 9.17) is 0 Å². The first-order valence-corrected chi connectivity index (χ1v) is 8.60. The Kier molecular flexibility index (Phi) is 4.83. The highest BCUT2D eigenvalue weighted by atomic mass is 32.2. The molecule has 2 rings (SSSR count). The van der Waals surface area contributed by atoms with Crippen LogP contribution in [-0.4, -0.2) is 37.0 Å². The monoisotopic (exact) mass is 297 g/mol. The van der Waals surface area contributed by atoms with Crippen molar-refractivity contribution in [2.75, 3.05) is 13.2 Å². The lowest BCUT2D eigenvalue weighted by Gasteiger charge is -2.27. The van der Waals surface area contributed by atoms with Gasteiger partial charge in [-0.3, -0.25) is 0 Å². The molecule has 1 aromatic rings. The second-order valence-electron chi connectivity index (χ2n) is 5.60. The first-order chi connectivity index (χ1) is 9.45. The third-order valence-corrected chi connectivity index (χ3v) is 5.78. The minimum Gasteiger partial charge on any atom is -0.395 e. The van der Waals surface area contributed by atoms with Crippen molar-refractivity contribution < 1.29 is 13.5 Å². The first-order valence-electron chi connectivity index (χ1n) is 7.16. The fourth-order valence-corrected chi connectivity index (χ4v) is 4.87. The molecule has 1 aromatic carbocycles. The minimum atomic E-state index is -3.52. The molecule has 1 saturated carbocycles. The zero-order valence-electron chi connectivity index (χ0n) is 12.2. The molecule has 0 aliphatic heterocycles. The fraction of sp³-hybridized carbons (Fsp3) is 0.600. The number of aryl methyl sites for hydroxylation is 2. The topological polar surface area (TPSA) is 57.6 Å². The smallest absolute Gasteiger partial charge is 0.243 e. The lowest BCUT2D eigenvalue weighted by atomic mass is 10.2. The predicted molar refractivity (Wildman–Crippen MR) is 79.1 cm³/mol. The average molecular weight is 297 g/mol. The van der Waals surface area contributed by atoms with Gasteiger partial charge in [0, 0.05) is 12.6 Å². The molecule has 0 saturated heterocycles. The molecule has 1 aliphatic rings. The van der Waals surface area contributed by atoms with Crippen LogP contribution < -0.4 is 0 Å². The second-order valence-corrected chi connectivity index (χ2v) is 7.49. The number of aliphatic hydroxyl groups is 1. The maximum Gasteiger partial charge on any atom is 0.243 e. The second kappa shape index (κ2) is 6.24. The van der Waals surface area contributed by atoms with Crippen LogP contribution in [0.1, 0.15) is 36.8 Å². The van der Waals surface area contributed by atoms with E-state index in [-0.39, 0.29) is 19.2 Å². The maximum atomic E-state index is 12.8. The Morgan fingerprint density at radius 3 is 2.20 bits per heavy atom. The molecule has 1 fully saturated rings. The van der Waals surface area contributed by atoms with Crippen LogP contribution in [0.5, 0.6) is 0 Å². The van der Waals surface area contributed by atoms with Crippen molar-refractivity contribution in [3.05, 3.63) is 29.3 Å². The minimum absolute atomic E-state index is 0.0352. The Morgan fingerprint density at radius 1 is 1.15 bits per heavy atom. The van der Waals surface area contributed by atoms with Crippen molar-refractivity contribution in [2.45, 2.75) is 50.5 Å². The predicted octanol–water partition coefficient (Wildman–Crippen LogP) is 2.23. The van der Waals surface area contributed by atoms with Crippen molar-refractivity contribution in [1.29, 1.82) is 0 Å². The molecule has 112 valence electrons. The van der Waals surface area contributed by atoms with E-state index >= 15 is 0 Å². The van der Waals surface area contributed by atoms with Gasteiger partial charge in [0.05, 0.1) is 11.5 Å². The van der Waals surface area contributed by atoms with Crippen LogP contribution in [0, 0.1) is 13.8 Å². The lowest BCUT2D eigenvalue weighted by Crippen LogP contribution is -2.40. The molecule has 0 atom stereocenters. The summed E-state index contributed by atoms with van der Waals surface area (Å²) < 4.78 is 27.2. The summed E-state index contributed by atoms with van der Waals surface area (Å²) in [5.74, 6) is 0. The standard InChI is InChI=1S/C15H23NO3S/c1-12-9-13(2)11-15(10-12)20(18,19)16(7-8-17)14-5-3-4-6-14/h9-11,14,17H,3-8H2,1-2H3. The van der Waals surface area contributed by atoms with Gasteiger partial charge in [-0.2, -0.15) is 4.31 Å². The zero-order chi connectivity index (χ0) is 14.8. The molecular weight excluding hydrogens is 274 g/mol. The number of sulfonamides is 1. The third kappa shape index (κ3) is 3.22. The number of rotatable bonds is 5. The van der Waals surface area contributed by atoms with Crippen LogP contribution in [0.15, 0.2) is 23.1 Å². The summed E-state index contributed by atoms with van der Waals surface area (Å²) in [5.41, 5.74) is 1.89. The van der Waals surface area contributed by atoms with Crippen LogP contribution >= 0.6 is 0 Å². The van der Waals surface area contributed by atoms with E-state index < -0.39 is 10.0 Å². The molecule has 0 spiro atoms. The molecule has 0 unspecified atom stereocenters. The van der Waals surface area contributed by atoms with Crippen molar-refractivity contribution >= 4 is 10.0 Å². The Hall–Kier alpha value is -0.910. The van der Waals surface area contributed by atoms with Crippen LogP contribution in [0.3, 0.4) is 0 Å². The third-order valence-electron chi connectivity index (χ3n) is 3.85. The highest BCUT2D eigenvalue weighted by molar-refractivity contribution is 7.89. The Morgan fingerprint density at radius 2 is 1.70 bits per heavy atom. The lowest BCUT2D eigenvalue weighted by molar-refractivity contribution is 0.226. The van der Waals surface area contributed by atoms with Crippen molar-refractivity contribution in [3.8, 4) is 0 Å². The number of nitrogens with zero attached hydrogens (tertiary/aromatic N) is 1. The Labute approximate surface area is 121 Å². The Bertz CT molecular complexity index is 542. The van der Waals surface area contributed by atoms with Gasteiger partial charge in [0.1, 0.15) is 0 Å². The molecule has 0 heterocycles. The quantitative estimate of drug-likeness (QED) is 0.906. The van der Waals surface area contributed by atoms with Crippen molar-refractivity contribution in [3.63, 3.8) is 0 Å². The molecule has 0 radical (unpaired) electrons. The van der Waals surface area contributed by atoms with Gasteiger partial charge in [-0.15, -0.1) is 0 Å². The number of hydrogen-bond donors (Lipinski definition) is 1. The van der Waals surface area contributed by atoms with Gasteiger partial charge in [-0.1, -0.05) is 18.9 Å². The van der Waals surface area contributed by atoms with E-state index in [0.29, 0.717) is 4.90 Å². The number of aliphatic hydroxyl groups excluding tert-OH is 1. The fourth-order valence-electron chi connectivity index (χ4n) is 3.01. The molecule has 0 bridgehead atoms. The van der Waals surface area contributed by atoms with E-state index in [1.807, 2.05) is 19.9 Å². The molecule has 4 nitrogen and oxygen atoms in total. The van der Waals surface area contributed by atoms with Crippen LogP contribution in [0.4, 0.5) is 0 Å². The van der Waals surface area contributed by atoms with E-state index in [9.17, 15) is 13.5 Å². The van der Waals surface area contributed by atoms with Gasteiger partial charge in [0.25, 0.3) is 0 Å². The summed E-state index contributed by atoms with van der Waals surface area (Å²) in [4.78, 5) is 0.343. The van der Waals surface area contributed by atoms with E-state index in [0.717, 1.165) is 36.8 Å². The number of benzene rings is 1. The maximum absolute atomic E-state index is 12.8. The molecule has 0 amide bonds. The Balaban J connectivity index is 2.38. The molecule has 0 aromatic heterocycles. The number of hydrogen-bond acceptors (Lipinski definition) is 3. The van der Waals surface area contributed by atoms with Gasteiger partial charge in [0.2, 0.25) is 10.0 Å². The van der Waals surface area contributed by atoms with Gasteiger partial charge in [0.15, 0.2) is 0 Å². The highest BCUT2D eigenvalue weighted by Gasteiger charge is 2.32. The summed E-state index contributed by atoms with van der Waals surface area (Å²) in [6.07, 6.45) is 3.91.